The minimum Gasteiger partial charge on any atom is -0.491 e. The third kappa shape index (κ3) is 8.23. The molecular weight excluding hydrogens is 404 g/mol. The Balaban J connectivity index is 1.94. The first-order chi connectivity index (χ1) is 15.5. The number of carbonyl (C=O) groups is 1. The fraction of sp³-hybridized carbons (Fsp3) is 0.440. The van der Waals surface area contributed by atoms with Crippen molar-refractivity contribution in [3.63, 3.8) is 0 Å². The molecule has 2 aromatic rings. The Hall–Kier alpha value is -3.06. The average Bonchev–Trinajstić information content (AvgIpc) is 2.80. The predicted molar refractivity (Wildman–Crippen MR) is 129 cm³/mol. The summed E-state index contributed by atoms with van der Waals surface area (Å²) in [6, 6.07) is 13.9. The van der Waals surface area contributed by atoms with Gasteiger partial charge in [0.2, 0.25) is 0 Å². The van der Waals surface area contributed by atoms with Crippen LogP contribution in [-0.4, -0.2) is 45.3 Å². The minimum absolute atomic E-state index is 0.0518. The van der Waals surface area contributed by atoms with E-state index in [1.165, 1.54) is 0 Å². The molecule has 0 radical (unpaired) electrons. The topological polar surface area (TPSA) is 84.0 Å². The lowest BCUT2D eigenvalue weighted by molar-refractivity contribution is 0.0939. The standard InChI is InChI=1S/C25H36N4O3/c1-6-19(3)29-24(30)21-9-7-8-20(15-21)16-27-25(26-4)28-17-22-11-10-18(2)14-23(22)32-13-12-31-5/h7-11,14-15,19H,6,12-13,16-17H2,1-5H3,(H,29,30)(H2,26,27,28). The number of nitrogens with zero attached hydrogens (tertiary/aromatic N) is 1. The van der Waals surface area contributed by atoms with Crippen molar-refractivity contribution in [2.24, 2.45) is 4.99 Å². The molecule has 0 fully saturated rings. The minimum atomic E-state index is -0.0518. The van der Waals surface area contributed by atoms with Crippen LogP contribution in [0.4, 0.5) is 0 Å². The van der Waals surface area contributed by atoms with E-state index in [2.05, 4.69) is 40.0 Å². The van der Waals surface area contributed by atoms with Gasteiger partial charge in [0, 0.05) is 44.4 Å². The van der Waals surface area contributed by atoms with Crippen molar-refractivity contribution in [2.75, 3.05) is 27.4 Å². The first kappa shape index (κ1) is 25.2. The summed E-state index contributed by atoms with van der Waals surface area (Å²) in [6.07, 6.45) is 0.898. The summed E-state index contributed by atoms with van der Waals surface area (Å²) in [5.74, 6) is 1.46. The number of rotatable bonds is 11. The quantitative estimate of drug-likeness (QED) is 0.283. The maximum Gasteiger partial charge on any atom is 0.251 e. The van der Waals surface area contributed by atoms with Crippen molar-refractivity contribution in [2.45, 2.75) is 46.3 Å². The fourth-order valence-corrected chi connectivity index (χ4v) is 2.99. The number of benzene rings is 2. The maximum atomic E-state index is 12.4. The molecule has 7 nitrogen and oxygen atoms in total. The van der Waals surface area contributed by atoms with Crippen LogP contribution in [0.3, 0.4) is 0 Å². The number of hydrogen-bond acceptors (Lipinski definition) is 4. The fourth-order valence-electron chi connectivity index (χ4n) is 2.99. The van der Waals surface area contributed by atoms with Crippen molar-refractivity contribution in [3.05, 3.63) is 64.7 Å². The molecule has 0 aliphatic carbocycles. The summed E-state index contributed by atoms with van der Waals surface area (Å²) in [4.78, 5) is 16.7. The van der Waals surface area contributed by atoms with Crippen LogP contribution in [-0.2, 0) is 17.8 Å². The first-order valence-corrected chi connectivity index (χ1v) is 11.0. The Morgan fingerprint density at radius 1 is 1.09 bits per heavy atom. The van der Waals surface area contributed by atoms with Crippen molar-refractivity contribution in [1.82, 2.24) is 16.0 Å². The number of methoxy groups -OCH3 is 1. The highest BCUT2D eigenvalue weighted by molar-refractivity contribution is 5.94. The second-order valence-corrected chi connectivity index (χ2v) is 7.71. The molecule has 2 aromatic carbocycles. The molecule has 0 heterocycles. The molecule has 0 aromatic heterocycles. The van der Waals surface area contributed by atoms with Crippen molar-refractivity contribution in [3.8, 4) is 5.75 Å². The summed E-state index contributed by atoms with van der Waals surface area (Å²) in [6.45, 7) is 8.25. The molecule has 1 atom stereocenters. The largest absolute Gasteiger partial charge is 0.491 e. The lowest BCUT2D eigenvalue weighted by Gasteiger charge is -2.16. The summed E-state index contributed by atoms with van der Waals surface area (Å²) < 4.78 is 10.9. The van der Waals surface area contributed by atoms with Gasteiger partial charge >= 0.3 is 0 Å². The van der Waals surface area contributed by atoms with E-state index in [4.69, 9.17) is 9.47 Å². The molecule has 0 saturated heterocycles. The van der Waals surface area contributed by atoms with Crippen LogP contribution in [0.2, 0.25) is 0 Å². The van der Waals surface area contributed by atoms with E-state index in [9.17, 15) is 4.79 Å². The Kier molecular flexibility index (Phi) is 10.5. The van der Waals surface area contributed by atoms with Gasteiger partial charge in [0.05, 0.1) is 6.61 Å². The van der Waals surface area contributed by atoms with Gasteiger partial charge in [0.15, 0.2) is 5.96 Å². The SMILES string of the molecule is CCC(C)NC(=O)c1cccc(CNC(=NC)NCc2ccc(C)cc2OCCOC)c1. The highest BCUT2D eigenvalue weighted by Crippen LogP contribution is 2.20. The normalized spacial score (nSPS) is 12.2. The van der Waals surface area contributed by atoms with E-state index in [-0.39, 0.29) is 11.9 Å². The van der Waals surface area contributed by atoms with Gasteiger partial charge in [0.1, 0.15) is 12.4 Å². The molecule has 2 rings (SSSR count). The molecule has 7 heteroatoms. The summed E-state index contributed by atoms with van der Waals surface area (Å²) >= 11 is 0. The van der Waals surface area contributed by atoms with Gasteiger partial charge in [-0.1, -0.05) is 31.2 Å². The van der Waals surface area contributed by atoms with E-state index in [1.54, 1.807) is 14.2 Å². The number of aliphatic imine (C=N–C) groups is 1. The van der Waals surface area contributed by atoms with Crippen LogP contribution in [0.1, 0.15) is 47.3 Å². The molecule has 0 bridgehead atoms. The van der Waals surface area contributed by atoms with E-state index >= 15 is 0 Å². The van der Waals surface area contributed by atoms with Crippen molar-refractivity contribution in [1.29, 1.82) is 0 Å². The number of ether oxygens (including phenoxy) is 2. The highest BCUT2D eigenvalue weighted by Gasteiger charge is 2.10. The average molecular weight is 441 g/mol. The van der Waals surface area contributed by atoms with Gasteiger partial charge in [-0.05, 0) is 49.6 Å². The van der Waals surface area contributed by atoms with E-state index in [1.807, 2.05) is 44.2 Å². The number of nitrogens with one attached hydrogen (secondary N) is 3. The Bertz CT molecular complexity index is 899. The molecule has 3 N–H and O–H groups in total. The van der Waals surface area contributed by atoms with Crippen LogP contribution in [0.25, 0.3) is 0 Å². The summed E-state index contributed by atoms with van der Waals surface area (Å²) in [5, 5.41) is 9.63. The molecule has 0 aliphatic rings. The van der Waals surface area contributed by atoms with Gasteiger partial charge in [0.25, 0.3) is 5.91 Å². The number of aryl methyl sites for hydroxylation is 1. The van der Waals surface area contributed by atoms with Crippen molar-refractivity contribution >= 4 is 11.9 Å². The zero-order valence-electron chi connectivity index (χ0n) is 19.8. The van der Waals surface area contributed by atoms with E-state index in [0.29, 0.717) is 37.8 Å². The van der Waals surface area contributed by atoms with Crippen LogP contribution >= 0.6 is 0 Å². The second-order valence-electron chi connectivity index (χ2n) is 7.71. The molecule has 1 amide bonds. The maximum absolute atomic E-state index is 12.4. The highest BCUT2D eigenvalue weighted by atomic mass is 16.5. The van der Waals surface area contributed by atoms with Crippen LogP contribution in [0, 0.1) is 6.92 Å². The lowest BCUT2D eigenvalue weighted by Crippen LogP contribution is -2.36. The summed E-state index contributed by atoms with van der Waals surface area (Å²) in [7, 11) is 3.39. The van der Waals surface area contributed by atoms with Gasteiger partial charge in [-0.3, -0.25) is 9.79 Å². The monoisotopic (exact) mass is 440 g/mol. The van der Waals surface area contributed by atoms with Gasteiger partial charge < -0.3 is 25.4 Å². The zero-order valence-corrected chi connectivity index (χ0v) is 19.8. The summed E-state index contributed by atoms with van der Waals surface area (Å²) in [5.41, 5.74) is 3.84. The van der Waals surface area contributed by atoms with Gasteiger partial charge in [-0.15, -0.1) is 0 Å². The Morgan fingerprint density at radius 2 is 1.88 bits per heavy atom. The number of amides is 1. The van der Waals surface area contributed by atoms with Gasteiger partial charge in [-0.2, -0.15) is 0 Å². The molecule has 174 valence electrons. The third-order valence-corrected chi connectivity index (χ3v) is 5.08. The van der Waals surface area contributed by atoms with Crippen LogP contribution in [0.15, 0.2) is 47.5 Å². The molecule has 1 unspecified atom stereocenters. The second kappa shape index (κ2) is 13.4. The van der Waals surface area contributed by atoms with Crippen molar-refractivity contribution < 1.29 is 14.3 Å². The molecule has 0 spiro atoms. The Labute approximate surface area is 191 Å². The molecular formula is C25H36N4O3. The number of guanidine groups is 1. The third-order valence-electron chi connectivity index (χ3n) is 5.08. The molecule has 32 heavy (non-hydrogen) atoms. The first-order valence-electron chi connectivity index (χ1n) is 11.0. The lowest BCUT2D eigenvalue weighted by atomic mass is 10.1. The van der Waals surface area contributed by atoms with Crippen LogP contribution < -0.4 is 20.7 Å². The number of hydrogen-bond donors (Lipinski definition) is 3. The Morgan fingerprint density at radius 3 is 2.59 bits per heavy atom. The molecule has 0 saturated carbocycles. The van der Waals surface area contributed by atoms with Gasteiger partial charge in [-0.25, -0.2) is 0 Å². The number of carbonyl (C=O) groups excluding carboxylic acids is 1. The van der Waals surface area contributed by atoms with E-state index < -0.39 is 0 Å². The zero-order chi connectivity index (χ0) is 23.3. The molecule has 0 aliphatic heterocycles. The smallest absolute Gasteiger partial charge is 0.251 e. The predicted octanol–water partition coefficient (Wildman–Crippen LogP) is 3.41. The van der Waals surface area contributed by atoms with Crippen LogP contribution in [0.5, 0.6) is 5.75 Å². The van der Waals surface area contributed by atoms with E-state index in [0.717, 1.165) is 28.9 Å².